The quantitative estimate of drug-likeness (QED) is 0.763. The molecule has 1 aromatic carbocycles. The minimum absolute atomic E-state index is 0.234. The Labute approximate surface area is 134 Å². The van der Waals surface area contributed by atoms with Crippen molar-refractivity contribution in [3.05, 3.63) is 48.5 Å². The molecule has 3 aromatic rings. The summed E-state index contributed by atoms with van der Waals surface area (Å²) >= 11 is 0. The van der Waals surface area contributed by atoms with E-state index >= 15 is 0 Å². The number of aromatic nitrogens is 2. The first-order chi connectivity index (χ1) is 11.2. The van der Waals surface area contributed by atoms with Crippen LogP contribution in [0.3, 0.4) is 0 Å². The first-order valence-electron chi connectivity index (χ1n) is 7.94. The van der Waals surface area contributed by atoms with Gasteiger partial charge < -0.3 is 15.6 Å². The van der Waals surface area contributed by atoms with Gasteiger partial charge in [0, 0.05) is 53.6 Å². The molecule has 1 aliphatic heterocycles. The molecule has 1 aliphatic rings. The average molecular weight is 310 g/mol. The highest BCUT2D eigenvalue weighted by Crippen LogP contribution is 2.29. The van der Waals surface area contributed by atoms with Crippen molar-refractivity contribution in [1.82, 2.24) is 9.97 Å². The highest BCUT2D eigenvalue weighted by molar-refractivity contribution is 5.95. The molecule has 5 heteroatoms. The Morgan fingerprint density at radius 1 is 1.17 bits per heavy atom. The van der Waals surface area contributed by atoms with E-state index in [-0.39, 0.29) is 5.82 Å². The monoisotopic (exact) mass is 310 g/mol. The zero-order chi connectivity index (χ0) is 15.8. The van der Waals surface area contributed by atoms with Gasteiger partial charge in [0.1, 0.15) is 11.6 Å². The van der Waals surface area contributed by atoms with E-state index in [2.05, 4.69) is 27.0 Å². The summed E-state index contributed by atoms with van der Waals surface area (Å²) < 4.78 is 13.3. The summed E-state index contributed by atoms with van der Waals surface area (Å²) in [5.41, 5.74) is 8.82. The topological polar surface area (TPSA) is 57.9 Å². The number of rotatable bonds is 2. The molecule has 0 unspecified atom stereocenters. The standard InChI is InChI=1S/C18H19FN4/c19-13-2-3-15-16(11-21-17(15)9-13)12-1-4-18(22-10-12)23-7-5-14(20)6-8-23/h1-4,9-11,14,21H,5-8,20H2. The number of benzene rings is 1. The van der Waals surface area contributed by atoms with Gasteiger partial charge in [-0.1, -0.05) is 0 Å². The van der Waals surface area contributed by atoms with E-state index in [9.17, 15) is 4.39 Å². The highest BCUT2D eigenvalue weighted by Gasteiger charge is 2.17. The molecule has 0 bridgehead atoms. The third kappa shape index (κ3) is 2.68. The van der Waals surface area contributed by atoms with Crippen LogP contribution < -0.4 is 10.6 Å². The molecule has 0 amide bonds. The van der Waals surface area contributed by atoms with Crippen LogP contribution in [0.15, 0.2) is 42.7 Å². The van der Waals surface area contributed by atoms with Gasteiger partial charge in [0.25, 0.3) is 0 Å². The van der Waals surface area contributed by atoms with Crippen LogP contribution >= 0.6 is 0 Å². The molecule has 3 N–H and O–H groups in total. The van der Waals surface area contributed by atoms with Crippen LogP contribution in [0, 0.1) is 5.82 Å². The lowest BCUT2D eigenvalue weighted by Crippen LogP contribution is -2.40. The molecule has 4 nitrogen and oxygen atoms in total. The minimum atomic E-state index is -0.234. The fraction of sp³-hybridized carbons (Fsp3) is 0.278. The number of hydrogen-bond donors (Lipinski definition) is 2. The Hall–Kier alpha value is -2.40. The normalized spacial score (nSPS) is 16.2. The van der Waals surface area contributed by atoms with Crippen LogP contribution in [0.2, 0.25) is 0 Å². The van der Waals surface area contributed by atoms with Crippen LogP contribution in [0.4, 0.5) is 10.2 Å². The van der Waals surface area contributed by atoms with E-state index in [1.165, 1.54) is 12.1 Å². The number of aromatic amines is 1. The molecule has 1 saturated heterocycles. The van der Waals surface area contributed by atoms with Gasteiger partial charge in [-0.05, 0) is 43.2 Å². The summed E-state index contributed by atoms with van der Waals surface area (Å²) in [4.78, 5) is 10.00. The fourth-order valence-electron chi connectivity index (χ4n) is 3.20. The van der Waals surface area contributed by atoms with Gasteiger partial charge in [-0.15, -0.1) is 0 Å². The van der Waals surface area contributed by atoms with Crippen molar-refractivity contribution in [3.8, 4) is 11.1 Å². The Bertz CT molecular complexity index is 817. The Balaban J connectivity index is 1.62. The van der Waals surface area contributed by atoms with Crippen molar-refractivity contribution < 1.29 is 4.39 Å². The smallest absolute Gasteiger partial charge is 0.128 e. The average Bonchev–Trinajstić information content (AvgIpc) is 2.99. The van der Waals surface area contributed by atoms with Gasteiger partial charge in [0.05, 0.1) is 0 Å². The van der Waals surface area contributed by atoms with Crippen LogP contribution in [0.5, 0.6) is 0 Å². The van der Waals surface area contributed by atoms with E-state index < -0.39 is 0 Å². The number of fused-ring (bicyclic) bond motifs is 1. The Morgan fingerprint density at radius 2 is 2.00 bits per heavy atom. The second-order valence-electron chi connectivity index (χ2n) is 6.12. The van der Waals surface area contributed by atoms with E-state index in [0.717, 1.165) is 53.8 Å². The lowest BCUT2D eigenvalue weighted by atomic mass is 10.1. The molecule has 118 valence electrons. The van der Waals surface area contributed by atoms with Gasteiger partial charge in [0.15, 0.2) is 0 Å². The number of nitrogens with two attached hydrogens (primary N) is 1. The van der Waals surface area contributed by atoms with E-state index in [0.29, 0.717) is 6.04 Å². The number of pyridine rings is 1. The molecule has 23 heavy (non-hydrogen) atoms. The first-order valence-corrected chi connectivity index (χ1v) is 7.94. The number of anilines is 1. The van der Waals surface area contributed by atoms with Crippen molar-refractivity contribution in [2.45, 2.75) is 18.9 Å². The summed E-state index contributed by atoms with van der Waals surface area (Å²) in [7, 11) is 0. The molecule has 1 fully saturated rings. The second kappa shape index (κ2) is 5.66. The van der Waals surface area contributed by atoms with Crippen molar-refractivity contribution in [3.63, 3.8) is 0 Å². The molecular formula is C18H19FN4. The van der Waals surface area contributed by atoms with Gasteiger partial charge >= 0.3 is 0 Å². The summed E-state index contributed by atoms with van der Waals surface area (Å²) in [6.45, 7) is 1.92. The van der Waals surface area contributed by atoms with Crippen LogP contribution in [-0.4, -0.2) is 29.1 Å². The first kappa shape index (κ1) is 14.2. The SMILES string of the molecule is NC1CCN(c2ccc(-c3c[nH]c4cc(F)ccc34)cn2)CC1. The molecule has 0 aliphatic carbocycles. The van der Waals surface area contributed by atoms with Gasteiger partial charge in [-0.3, -0.25) is 0 Å². The van der Waals surface area contributed by atoms with Gasteiger partial charge in [-0.2, -0.15) is 0 Å². The van der Waals surface area contributed by atoms with Crippen LogP contribution in [-0.2, 0) is 0 Å². The molecule has 0 spiro atoms. The third-order valence-electron chi connectivity index (χ3n) is 4.57. The molecule has 0 radical (unpaired) electrons. The molecule has 0 atom stereocenters. The maximum Gasteiger partial charge on any atom is 0.128 e. The van der Waals surface area contributed by atoms with Crippen molar-refractivity contribution in [2.75, 3.05) is 18.0 Å². The van der Waals surface area contributed by atoms with E-state index in [1.54, 1.807) is 6.07 Å². The molecule has 3 heterocycles. The largest absolute Gasteiger partial charge is 0.360 e. The number of hydrogen-bond acceptors (Lipinski definition) is 3. The predicted octanol–water partition coefficient (Wildman–Crippen LogP) is 3.30. The lowest BCUT2D eigenvalue weighted by Gasteiger charge is -2.31. The van der Waals surface area contributed by atoms with Crippen molar-refractivity contribution >= 4 is 16.7 Å². The molecule has 4 rings (SSSR count). The number of H-pyrrole nitrogens is 1. The third-order valence-corrected chi connectivity index (χ3v) is 4.57. The lowest BCUT2D eigenvalue weighted by molar-refractivity contribution is 0.498. The van der Waals surface area contributed by atoms with Gasteiger partial charge in [-0.25, -0.2) is 9.37 Å². The van der Waals surface area contributed by atoms with E-state index in [1.807, 2.05) is 12.4 Å². The van der Waals surface area contributed by atoms with Crippen molar-refractivity contribution in [1.29, 1.82) is 0 Å². The van der Waals surface area contributed by atoms with E-state index in [4.69, 9.17) is 5.73 Å². The molecule has 2 aromatic heterocycles. The number of piperidine rings is 1. The maximum absolute atomic E-state index is 13.3. The number of nitrogens with one attached hydrogen (secondary N) is 1. The second-order valence-corrected chi connectivity index (χ2v) is 6.12. The molecular weight excluding hydrogens is 291 g/mol. The Morgan fingerprint density at radius 3 is 2.74 bits per heavy atom. The number of halogens is 1. The summed E-state index contributed by atoms with van der Waals surface area (Å²) in [6.07, 6.45) is 5.81. The summed E-state index contributed by atoms with van der Waals surface area (Å²) in [6, 6.07) is 9.24. The van der Waals surface area contributed by atoms with Gasteiger partial charge in [0.2, 0.25) is 0 Å². The van der Waals surface area contributed by atoms with Crippen LogP contribution in [0.25, 0.3) is 22.0 Å². The number of nitrogens with zero attached hydrogens (tertiary/aromatic N) is 2. The molecule has 0 saturated carbocycles. The summed E-state index contributed by atoms with van der Waals surface area (Å²) in [5, 5.41) is 1.00. The predicted molar refractivity (Wildman–Crippen MR) is 90.9 cm³/mol. The highest BCUT2D eigenvalue weighted by atomic mass is 19.1. The van der Waals surface area contributed by atoms with Crippen LogP contribution in [0.1, 0.15) is 12.8 Å². The zero-order valence-corrected chi connectivity index (χ0v) is 12.8. The Kier molecular flexibility index (Phi) is 3.50. The summed E-state index contributed by atoms with van der Waals surface area (Å²) in [5.74, 6) is 0.759. The minimum Gasteiger partial charge on any atom is -0.360 e. The zero-order valence-electron chi connectivity index (χ0n) is 12.8. The fourth-order valence-corrected chi connectivity index (χ4v) is 3.20. The maximum atomic E-state index is 13.3. The van der Waals surface area contributed by atoms with Crippen molar-refractivity contribution in [2.24, 2.45) is 5.73 Å².